The van der Waals surface area contributed by atoms with Crippen molar-refractivity contribution in [2.75, 3.05) is 0 Å². The predicted octanol–water partition coefficient (Wildman–Crippen LogP) is 3.80. The molecular formula is C11H13F3. The van der Waals surface area contributed by atoms with Crippen LogP contribution in [0.25, 0.3) is 0 Å². The molecule has 0 amide bonds. The molecule has 0 aliphatic rings. The molecule has 78 valence electrons. The van der Waals surface area contributed by atoms with E-state index in [1.165, 1.54) is 0 Å². The summed E-state index contributed by atoms with van der Waals surface area (Å²) in [6, 6.07) is 5.53. The van der Waals surface area contributed by atoms with Crippen LogP contribution in [0.1, 0.15) is 23.1 Å². The molecule has 14 heavy (non-hydrogen) atoms. The zero-order valence-corrected chi connectivity index (χ0v) is 8.28. The lowest BCUT2D eigenvalue weighted by molar-refractivity contribution is -0.134. The van der Waals surface area contributed by atoms with Gasteiger partial charge in [-0.1, -0.05) is 23.8 Å². The third-order valence-corrected chi connectivity index (χ3v) is 2.18. The Balaban J connectivity index is 2.68. The topological polar surface area (TPSA) is 0 Å². The summed E-state index contributed by atoms with van der Waals surface area (Å²) in [5.74, 6) is 0. The van der Waals surface area contributed by atoms with Gasteiger partial charge in [0.05, 0.1) is 0 Å². The highest BCUT2D eigenvalue weighted by Gasteiger charge is 2.26. The van der Waals surface area contributed by atoms with Crippen LogP contribution >= 0.6 is 0 Å². The van der Waals surface area contributed by atoms with E-state index >= 15 is 0 Å². The first kappa shape index (κ1) is 11.1. The average molecular weight is 202 g/mol. The minimum Gasteiger partial charge on any atom is -0.171 e. The molecule has 3 heteroatoms. The first-order valence-corrected chi connectivity index (χ1v) is 4.51. The van der Waals surface area contributed by atoms with Gasteiger partial charge < -0.3 is 0 Å². The van der Waals surface area contributed by atoms with Crippen molar-refractivity contribution in [1.29, 1.82) is 0 Å². The van der Waals surface area contributed by atoms with E-state index in [4.69, 9.17) is 0 Å². The third kappa shape index (κ3) is 3.40. The zero-order chi connectivity index (χ0) is 10.8. The molecule has 0 nitrogen and oxygen atoms in total. The fourth-order valence-electron chi connectivity index (χ4n) is 1.40. The van der Waals surface area contributed by atoms with Crippen molar-refractivity contribution >= 4 is 0 Å². The van der Waals surface area contributed by atoms with Crippen LogP contribution in [0.4, 0.5) is 13.2 Å². The van der Waals surface area contributed by atoms with Crippen molar-refractivity contribution in [3.63, 3.8) is 0 Å². The van der Waals surface area contributed by atoms with Gasteiger partial charge in [-0.25, -0.2) is 0 Å². The SMILES string of the molecule is Cc1ccc(CCC(F)(F)F)c(C)c1. The highest BCUT2D eigenvalue weighted by molar-refractivity contribution is 5.30. The molecule has 0 aliphatic heterocycles. The molecule has 0 atom stereocenters. The Hall–Kier alpha value is -0.990. The fourth-order valence-corrected chi connectivity index (χ4v) is 1.40. The van der Waals surface area contributed by atoms with Gasteiger partial charge in [0.15, 0.2) is 0 Å². The summed E-state index contributed by atoms with van der Waals surface area (Å²) in [6.07, 6.45) is -4.72. The second kappa shape index (κ2) is 4.03. The maximum atomic E-state index is 12.0. The normalized spacial score (nSPS) is 11.8. The largest absolute Gasteiger partial charge is 0.389 e. The maximum Gasteiger partial charge on any atom is 0.389 e. The molecule has 0 N–H and O–H groups in total. The molecular weight excluding hydrogens is 189 g/mol. The van der Waals surface area contributed by atoms with Crippen LogP contribution in [0, 0.1) is 13.8 Å². The van der Waals surface area contributed by atoms with Crippen molar-refractivity contribution in [2.24, 2.45) is 0 Å². The van der Waals surface area contributed by atoms with Crippen molar-refractivity contribution < 1.29 is 13.2 Å². The predicted molar refractivity (Wildman–Crippen MR) is 50.3 cm³/mol. The molecule has 1 rings (SSSR count). The van der Waals surface area contributed by atoms with Crippen LogP contribution in [0.3, 0.4) is 0 Å². The second-order valence-corrected chi connectivity index (χ2v) is 3.55. The Kier molecular flexibility index (Phi) is 3.19. The summed E-state index contributed by atoms with van der Waals surface area (Å²) in [7, 11) is 0. The second-order valence-electron chi connectivity index (χ2n) is 3.55. The van der Waals surface area contributed by atoms with Crippen LogP contribution in [0.15, 0.2) is 18.2 Å². The van der Waals surface area contributed by atoms with Gasteiger partial charge in [-0.3, -0.25) is 0 Å². The smallest absolute Gasteiger partial charge is 0.171 e. The van der Waals surface area contributed by atoms with Crippen molar-refractivity contribution in [2.45, 2.75) is 32.9 Å². The highest BCUT2D eigenvalue weighted by Crippen LogP contribution is 2.23. The molecule has 0 unspecified atom stereocenters. The average Bonchev–Trinajstić information content (AvgIpc) is 2.00. The van der Waals surface area contributed by atoms with E-state index in [9.17, 15) is 13.2 Å². The number of hydrogen-bond acceptors (Lipinski definition) is 0. The summed E-state index contributed by atoms with van der Waals surface area (Å²) in [6.45, 7) is 3.78. The number of benzene rings is 1. The molecule has 0 saturated heterocycles. The van der Waals surface area contributed by atoms with Crippen molar-refractivity contribution in [3.05, 3.63) is 34.9 Å². The summed E-state index contributed by atoms with van der Waals surface area (Å²) < 4.78 is 35.9. The maximum absolute atomic E-state index is 12.0. The van der Waals surface area contributed by atoms with Crippen LogP contribution in [0.5, 0.6) is 0 Å². The molecule has 0 fully saturated rings. The van der Waals surface area contributed by atoms with Gasteiger partial charge in [0, 0.05) is 6.42 Å². The minimum absolute atomic E-state index is 0.0790. The van der Waals surface area contributed by atoms with E-state index in [1.807, 2.05) is 26.0 Å². The van der Waals surface area contributed by atoms with E-state index < -0.39 is 12.6 Å². The van der Waals surface area contributed by atoms with Crippen LogP contribution in [-0.2, 0) is 6.42 Å². The zero-order valence-electron chi connectivity index (χ0n) is 8.28. The molecule has 0 heterocycles. The van der Waals surface area contributed by atoms with Gasteiger partial charge in [0.25, 0.3) is 0 Å². The number of hydrogen-bond donors (Lipinski definition) is 0. The fraction of sp³-hybridized carbons (Fsp3) is 0.455. The molecule has 0 radical (unpaired) electrons. The molecule has 0 saturated carbocycles. The van der Waals surface area contributed by atoms with Gasteiger partial charge in [0.2, 0.25) is 0 Å². The number of aryl methyl sites for hydroxylation is 3. The summed E-state index contributed by atoms with van der Waals surface area (Å²) in [5.41, 5.74) is 2.81. The van der Waals surface area contributed by atoms with Crippen molar-refractivity contribution in [3.8, 4) is 0 Å². The molecule has 1 aromatic carbocycles. The molecule has 0 spiro atoms. The Labute approximate surface area is 81.8 Å². The van der Waals surface area contributed by atoms with Crippen LogP contribution < -0.4 is 0 Å². The van der Waals surface area contributed by atoms with E-state index in [0.29, 0.717) is 0 Å². The first-order chi connectivity index (χ1) is 6.38. The standard InChI is InChI=1S/C11H13F3/c1-8-3-4-10(9(2)7-8)5-6-11(12,13)14/h3-4,7H,5-6H2,1-2H3. The monoisotopic (exact) mass is 202 g/mol. The van der Waals surface area contributed by atoms with Gasteiger partial charge in [0.1, 0.15) is 0 Å². The highest BCUT2D eigenvalue weighted by atomic mass is 19.4. The Bertz CT molecular complexity index is 313. The van der Waals surface area contributed by atoms with Gasteiger partial charge >= 0.3 is 6.18 Å². The lowest BCUT2D eigenvalue weighted by Gasteiger charge is -2.08. The number of halogens is 3. The Morgan fingerprint density at radius 3 is 2.29 bits per heavy atom. The quantitative estimate of drug-likeness (QED) is 0.684. The van der Waals surface area contributed by atoms with Gasteiger partial charge in [-0.05, 0) is 31.4 Å². The van der Waals surface area contributed by atoms with Gasteiger partial charge in [-0.15, -0.1) is 0 Å². The van der Waals surface area contributed by atoms with E-state index in [1.54, 1.807) is 6.07 Å². The molecule has 0 aromatic heterocycles. The lowest BCUT2D eigenvalue weighted by atomic mass is 10.0. The molecule has 1 aromatic rings. The van der Waals surface area contributed by atoms with E-state index in [-0.39, 0.29) is 6.42 Å². The number of alkyl halides is 3. The Morgan fingerprint density at radius 1 is 1.14 bits per heavy atom. The lowest BCUT2D eigenvalue weighted by Crippen LogP contribution is -2.09. The van der Waals surface area contributed by atoms with Crippen LogP contribution in [-0.4, -0.2) is 6.18 Å². The van der Waals surface area contributed by atoms with Crippen LogP contribution in [0.2, 0.25) is 0 Å². The molecule has 0 aliphatic carbocycles. The third-order valence-electron chi connectivity index (χ3n) is 2.18. The number of rotatable bonds is 2. The summed E-state index contributed by atoms with van der Waals surface area (Å²) in [4.78, 5) is 0. The van der Waals surface area contributed by atoms with E-state index in [0.717, 1.165) is 16.7 Å². The van der Waals surface area contributed by atoms with Gasteiger partial charge in [-0.2, -0.15) is 13.2 Å². The molecule has 0 bridgehead atoms. The minimum atomic E-state index is -4.06. The summed E-state index contributed by atoms with van der Waals surface area (Å²) in [5, 5.41) is 0. The van der Waals surface area contributed by atoms with E-state index in [2.05, 4.69) is 0 Å². The Morgan fingerprint density at radius 2 is 1.79 bits per heavy atom. The summed E-state index contributed by atoms with van der Waals surface area (Å²) >= 11 is 0. The van der Waals surface area contributed by atoms with Crippen molar-refractivity contribution in [1.82, 2.24) is 0 Å². The first-order valence-electron chi connectivity index (χ1n) is 4.51.